The van der Waals surface area contributed by atoms with E-state index in [1.54, 1.807) is 31.3 Å². The molecule has 0 fully saturated rings. The maximum absolute atomic E-state index is 13.1. The molecule has 3 aromatic rings. The SMILES string of the molecule is Cc1nc(SCCCC(=O)NCCc2ccc(Cl)cc2Cl)n(C)c(=O)c1Cc1ccc(F)cc1. The fourth-order valence-corrected chi connectivity index (χ4v) is 4.87. The van der Waals surface area contributed by atoms with Crippen LogP contribution in [0.4, 0.5) is 4.39 Å². The van der Waals surface area contributed by atoms with Crippen LogP contribution in [0, 0.1) is 12.7 Å². The standard InChI is InChI=1S/C25H26Cl2FN3O2S/c1-16-21(14-17-5-9-20(28)10-6-17)24(33)31(2)25(30-16)34-13-3-4-23(32)29-12-11-18-7-8-19(26)15-22(18)27/h5-10,15H,3-4,11-14H2,1-2H3,(H,29,32). The molecule has 3 rings (SSSR count). The molecule has 0 aliphatic carbocycles. The number of carbonyl (C=O) groups excluding carboxylic acids is 1. The summed E-state index contributed by atoms with van der Waals surface area (Å²) < 4.78 is 14.7. The summed E-state index contributed by atoms with van der Waals surface area (Å²) in [7, 11) is 1.69. The van der Waals surface area contributed by atoms with E-state index in [0.717, 1.165) is 11.1 Å². The van der Waals surface area contributed by atoms with Crippen LogP contribution in [0.3, 0.4) is 0 Å². The lowest BCUT2D eigenvalue weighted by atomic mass is 10.1. The quantitative estimate of drug-likeness (QED) is 0.221. The molecule has 0 unspecified atom stereocenters. The van der Waals surface area contributed by atoms with Crippen molar-refractivity contribution >= 4 is 40.9 Å². The van der Waals surface area contributed by atoms with Crippen molar-refractivity contribution in [1.82, 2.24) is 14.9 Å². The minimum atomic E-state index is -0.308. The number of carbonyl (C=O) groups is 1. The lowest BCUT2D eigenvalue weighted by Crippen LogP contribution is -2.26. The van der Waals surface area contributed by atoms with Crippen molar-refractivity contribution in [3.8, 4) is 0 Å². The van der Waals surface area contributed by atoms with Gasteiger partial charge in [-0.05, 0) is 55.2 Å². The second-order valence-electron chi connectivity index (χ2n) is 7.91. The van der Waals surface area contributed by atoms with E-state index >= 15 is 0 Å². The number of hydrogen-bond acceptors (Lipinski definition) is 4. The average Bonchev–Trinajstić information content (AvgIpc) is 2.80. The Kier molecular flexibility index (Phi) is 9.56. The summed E-state index contributed by atoms with van der Waals surface area (Å²) in [6.45, 7) is 2.31. The molecule has 0 bridgehead atoms. The molecule has 0 aliphatic heterocycles. The number of halogens is 3. The second kappa shape index (κ2) is 12.4. The van der Waals surface area contributed by atoms with Gasteiger partial charge in [0.25, 0.3) is 5.56 Å². The number of nitrogens with zero attached hydrogens (tertiary/aromatic N) is 2. The lowest BCUT2D eigenvalue weighted by molar-refractivity contribution is -0.121. The van der Waals surface area contributed by atoms with Crippen molar-refractivity contribution in [2.24, 2.45) is 7.05 Å². The number of aryl methyl sites for hydroxylation is 1. The molecule has 0 saturated heterocycles. The maximum atomic E-state index is 13.1. The van der Waals surface area contributed by atoms with Gasteiger partial charge in [0, 0.05) is 53.5 Å². The normalized spacial score (nSPS) is 11.0. The minimum Gasteiger partial charge on any atom is -0.356 e. The lowest BCUT2D eigenvalue weighted by Gasteiger charge is -2.12. The van der Waals surface area contributed by atoms with Crippen molar-refractivity contribution in [3.05, 3.63) is 91.1 Å². The van der Waals surface area contributed by atoms with Crippen LogP contribution in [0.1, 0.15) is 35.2 Å². The van der Waals surface area contributed by atoms with E-state index in [0.29, 0.717) is 64.4 Å². The Bertz CT molecular complexity index is 1220. The van der Waals surface area contributed by atoms with Gasteiger partial charge >= 0.3 is 0 Å². The second-order valence-corrected chi connectivity index (χ2v) is 9.82. The van der Waals surface area contributed by atoms with E-state index in [1.807, 2.05) is 13.0 Å². The first-order valence-electron chi connectivity index (χ1n) is 10.9. The average molecular weight is 522 g/mol. The van der Waals surface area contributed by atoms with Crippen molar-refractivity contribution in [2.75, 3.05) is 12.3 Å². The van der Waals surface area contributed by atoms with Gasteiger partial charge in [-0.1, -0.05) is 53.2 Å². The van der Waals surface area contributed by atoms with Gasteiger partial charge in [-0.2, -0.15) is 0 Å². The summed E-state index contributed by atoms with van der Waals surface area (Å²) in [6.07, 6.45) is 2.07. The summed E-state index contributed by atoms with van der Waals surface area (Å²) in [5.74, 6) is 0.323. The first-order valence-corrected chi connectivity index (χ1v) is 12.6. The van der Waals surface area contributed by atoms with Gasteiger partial charge < -0.3 is 5.32 Å². The van der Waals surface area contributed by atoms with Gasteiger partial charge in [0.2, 0.25) is 5.91 Å². The number of thioether (sulfide) groups is 1. The first-order chi connectivity index (χ1) is 16.2. The van der Waals surface area contributed by atoms with E-state index in [-0.39, 0.29) is 17.3 Å². The summed E-state index contributed by atoms with van der Waals surface area (Å²) in [4.78, 5) is 29.6. The first kappa shape index (κ1) is 26.3. The highest BCUT2D eigenvalue weighted by molar-refractivity contribution is 7.99. The fraction of sp³-hybridized carbons (Fsp3) is 0.320. The van der Waals surface area contributed by atoms with Crippen LogP contribution in [0.15, 0.2) is 52.4 Å². The van der Waals surface area contributed by atoms with Gasteiger partial charge in [-0.3, -0.25) is 14.2 Å². The van der Waals surface area contributed by atoms with E-state index in [9.17, 15) is 14.0 Å². The third-order valence-electron chi connectivity index (χ3n) is 5.35. The Morgan fingerprint density at radius 1 is 1.18 bits per heavy atom. The molecule has 0 aliphatic rings. The fourth-order valence-electron chi connectivity index (χ4n) is 3.41. The maximum Gasteiger partial charge on any atom is 0.257 e. The molecule has 1 aromatic heterocycles. The molecule has 34 heavy (non-hydrogen) atoms. The largest absolute Gasteiger partial charge is 0.356 e. The molecule has 1 N–H and O–H groups in total. The van der Waals surface area contributed by atoms with E-state index in [1.165, 1.54) is 28.5 Å². The molecule has 0 saturated carbocycles. The number of aromatic nitrogens is 2. The predicted octanol–water partition coefficient (Wildman–Crippen LogP) is 5.36. The molecule has 1 heterocycles. The van der Waals surface area contributed by atoms with Crippen LogP contribution in [-0.4, -0.2) is 27.8 Å². The Labute approximate surface area is 212 Å². The van der Waals surface area contributed by atoms with Gasteiger partial charge in [0.1, 0.15) is 5.82 Å². The monoisotopic (exact) mass is 521 g/mol. The van der Waals surface area contributed by atoms with Crippen molar-refractivity contribution in [1.29, 1.82) is 0 Å². The van der Waals surface area contributed by atoms with Crippen LogP contribution < -0.4 is 10.9 Å². The molecule has 0 atom stereocenters. The van der Waals surface area contributed by atoms with E-state index in [4.69, 9.17) is 23.2 Å². The van der Waals surface area contributed by atoms with Crippen molar-refractivity contribution in [3.63, 3.8) is 0 Å². The number of amides is 1. The molecular formula is C25H26Cl2FN3O2S. The van der Waals surface area contributed by atoms with Gasteiger partial charge in [-0.15, -0.1) is 0 Å². The summed E-state index contributed by atoms with van der Waals surface area (Å²) >= 11 is 13.5. The van der Waals surface area contributed by atoms with Crippen LogP contribution in [0.25, 0.3) is 0 Å². The Balaban J connectivity index is 1.46. The van der Waals surface area contributed by atoms with Gasteiger partial charge in [0.05, 0.1) is 0 Å². The van der Waals surface area contributed by atoms with Crippen LogP contribution in [0.5, 0.6) is 0 Å². The minimum absolute atomic E-state index is 0.0293. The van der Waals surface area contributed by atoms with Gasteiger partial charge in [-0.25, -0.2) is 9.37 Å². The van der Waals surface area contributed by atoms with E-state index in [2.05, 4.69) is 10.3 Å². The van der Waals surface area contributed by atoms with Crippen molar-refractivity contribution in [2.45, 2.75) is 37.8 Å². The van der Waals surface area contributed by atoms with Gasteiger partial charge in [0.15, 0.2) is 5.16 Å². The molecule has 1 amide bonds. The Morgan fingerprint density at radius 3 is 2.62 bits per heavy atom. The zero-order chi connectivity index (χ0) is 24.7. The third-order valence-corrected chi connectivity index (χ3v) is 7.06. The van der Waals surface area contributed by atoms with E-state index < -0.39 is 0 Å². The highest BCUT2D eigenvalue weighted by Gasteiger charge is 2.13. The summed E-state index contributed by atoms with van der Waals surface area (Å²) in [5.41, 5.74) is 2.94. The molecule has 0 radical (unpaired) electrons. The van der Waals surface area contributed by atoms with Crippen LogP contribution in [0.2, 0.25) is 10.0 Å². The molecule has 9 heteroatoms. The van der Waals surface area contributed by atoms with Crippen LogP contribution in [-0.2, 0) is 24.7 Å². The Hall–Kier alpha value is -2.35. The molecule has 5 nitrogen and oxygen atoms in total. The highest BCUT2D eigenvalue weighted by Crippen LogP contribution is 2.21. The molecule has 180 valence electrons. The number of nitrogens with one attached hydrogen (secondary N) is 1. The van der Waals surface area contributed by atoms with Crippen LogP contribution >= 0.6 is 35.0 Å². The smallest absolute Gasteiger partial charge is 0.257 e. The summed E-state index contributed by atoms with van der Waals surface area (Å²) in [6, 6.07) is 11.4. The number of hydrogen-bond donors (Lipinski definition) is 1. The highest BCUT2D eigenvalue weighted by atomic mass is 35.5. The predicted molar refractivity (Wildman–Crippen MR) is 137 cm³/mol. The molecule has 2 aromatic carbocycles. The Morgan fingerprint density at radius 2 is 1.91 bits per heavy atom. The summed E-state index contributed by atoms with van der Waals surface area (Å²) in [5, 5.41) is 4.69. The zero-order valence-electron chi connectivity index (χ0n) is 19.0. The topological polar surface area (TPSA) is 64.0 Å². The molecular weight excluding hydrogens is 496 g/mol. The molecule has 0 spiro atoms. The number of benzene rings is 2. The zero-order valence-corrected chi connectivity index (χ0v) is 21.4. The van der Waals surface area contributed by atoms with Crippen molar-refractivity contribution < 1.29 is 9.18 Å². The third kappa shape index (κ3) is 7.32. The number of rotatable bonds is 10.